The first-order valence-corrected chi connectivity index (χ1v) is 5.72. The predicted molar refractivity (Wildman–Crippen MR) is 60.9 cm³/mol. The van der Waals surface area contributed by atoms with Crippen LogP contribution in [0.1, 0.15) is 53.4 Å². The van der Waals surface area contributed by atoms with Gasteiger partial charge >= 0.3 is 11.9 Å². The Hall–Kier alpha value is -1.06. The molecular weight excluding hydrogens is 208 g/mol. The van der Waals surface area contributed by atoms with Crippen LogP contribution in [0.5, 0.6) is 0 Å². The number of hydrogen-bond donors (Lipinski definition) is 0. The summed E-state index contributed by atoms with van der Waals surface area (Å²) in [6.07, 6.45) is 2.64. The lowest BCUT2D eigenvalue weighted by Crippen LogP contribution is -2.25. The van der Waals surface area contributed by atoms with Gasteiger partial charge in [0.15, 0.2) is 0 Å². The molecule has 0 amide bonds. The summed E-state index contributed by atoms with van der Waals surface area (Å²) in [4.78, 5) is 22.4. The number of esters is 2. The quantitative estimate of drug-likeness (QED) is 0.399. The van der Waals surface area contributed by atoms with E-state index in [0.29, 0.717) is 6.61 Å². The zero-order valence-electron chi connectivity index (χ0n) is 10.7. The lowest BCUT2D eigenvalue weighted by atomic mass is 10.2. The Morgan fingerprint density at radius 3 is 2.19 bits per heavy atom. The topological polar surface area (TPSA) is 52.6 Å². The fourth-order valence-corrected chi connectivity index (χ4v) is 1.08. The van der Waals surface area contributed by atoms with Crippen LogP contribution in [0.4, 0.5) is 0 Å². The van der Waals surface area contributed by atoms with E-state index >= 15 is 0 Å². The largest absolute Gasteiger partial charge is 0.465 e. The number of rotatable bonds is 6. The molecule has 16 heavy (non-hydrogen) atoms. The van der Waals surface area contributed by atoms with Gasteiger partial charge in [-0.05, 0) is 27.2 Å². The first-order valence-electron chi connectivity index (χ1n) is 5.72. The summed E-state index contributed by atoms with van der Waals surface area (Å²) in [5.41, 5.74) is -0.556. The maximum atomic E-state index is 11.2. The van der Waals surface area contributed by atoms with Crippen molar-refractivity contribution < 1.29 is 19.1 Å². The van der Waals surface area contributed by atoms with Gasteiger partial charge in [-0.2, -0.15) is 0 Å². The van der Waals surface area contributed by atoms with Crippen LogP contribution < -0.4 is 0 Å². The van der Waals surface area contributed by atoms with Crippen molar-refractivity contribution >= 4 is 11.9 Å². The molecule has 0 heterocycles. The van der Waals surface area contributed by atoms with Crippen molar-refractivity contribution in [1.82, 2.24) is 0 Å². The Kier molecular flexibility index (Phi) is 6.77. The highest BCUT2D eigenvalue weighted by Gasteiger charge is 2.19. The van der Waals surface area contributed by atoms with Gasteiger partial charge in [-0.1, -0.05) is 19.8 Å². The minimum atomic E-state index is -0.556. The lowest BCUT2D eigenvalue weighted by molar-refractivity contribution is -0.161. The molecule has 0 radical (unpaired) electrons. The summed E-state index contributed by atoms with van der Waals surface area (Å²) in [6, 6.07) is 0. The molecule has 0 aliphatic heterocycles. The van der Waals surface area contributed by atoms with Crippen molar-refractivity contribution in [3.8, 4) is 0 Å². The third kappa shape index (κ3) is 9.49. The van der Waals surface area contributed by atoms with Crippen molar-refractivity contribution in [2.24, 2.45) is 0 Å². The summed E-state index contributed by atoms with van der Waals surface area (Å²) in [5, 5.41) is 0. The van der Waals surface area contributed by atoms with Gasteiger partial charge in [-0.15, -0.1) is 0 Å². The maximum absolute atomic E-state index is 11.2. The monoisotopic (exact) mass is 230 g/mol. The maximum Gasteiger partial charge on any atom is 0.317 e. The highest BCUT2D eigenvalue weighted by atomic mass is 16.6. The van der Waals surface area contributed by atoms with E-state index in [-0.39, 0.29) is 6.42 Å². The van der Waals surface area contributed by atoms with Crippen LogP contribution in [0.2, 0.25) is 0 Å². The van der Waals surface area contributed by atoms with E-state index < -0.39 is 17.5 Å². The van der Waals surface area contributed by atoms with Gasteiger partial charge < -0.3 is 9.47 Å². The van der Waals surface area contributed by atoms with Gasteiger partial charge in [-0.3, -0.25) is 9.59 Å². The Balaban J connectivity index is 3.67. The van der Waals surface area contributed by atoms with Crippen molar-refractivity contribution in [3.63, 3.8) is 0 Å². The smallest absolute Gasteiger partial charge is 0.317 e. The van der Waals surface area contributed by atoms with Gasteiger partial charge in [0, 0.05) is 0 Å². The van der Waals surface area contributed by atoms with Crippen LogP contribution in [0.25, 0.3) is 0 Å². The molecule has 0 aromatic carbocycles. The minimum absolute atomic E-state index is 0.302. The Morgan fingerprint density at radius 1 is 1.06 bits per heavy atom. The molecule has 0 fully saturated rings. The molecule has 0 aromatic rings. The number of unbranched alkanes of at least 4 members (excludes halogenated alkanes) is 2. The molecule has 0 aliphatic rings. The fraction of sp³-hybridized carbons (Fsp3) is 0.833. The fourth-order valence-electron chi connectivity index (χ4n) is 1.08. The van der Waals surface area contributed by atoms with Crippen molar-refractivity contribution in [1.29, 1.82) is 0 Å². The standard InChI is InChI=1S/C12H22O4/c1-5-6-7-8-15-10(13)9-11(14)16-12(2,3)4/h5-9H2,1-4H3. The lowest BCUT2D eigenvalue weighted by Gasteiger charge is -2.19. The second kappa shape index (κ2) is 7.25. The van der Waals surface area contributed by atoms with Gasteiger partial charge in [0.2, 0.25) is 0 Å². The SMILES string of the molecule is CCCCCOC(=O)CC(=O)OC(C)(C)C. The molecule has 0 aromatic heterocycles. The number of carbonyl (C=O) groups excluding carboxylic acids is 2. The minimum Gasteiger partial charge on any atom is -0.465 e. The van der Waals surface area contributed by atoms with Gasteiger partial charge in [-0.25, -0.2) is 0 Å². The van der Waals surface area contributed by atoms with Crippen LogP contribution >= 0.6 is 0 Å². The van der Waals surface area contributed by atoms with E-state index in [9.17, 15) is 9.59 Å². The first-order chi connectivity index (χ1) is 7.35. The highest BCUT2D eigenvalue weighted by molar-refractivity contribution is 5.91. The highest BCUT2D eigenvalue weighted by Crippen LogP contribution is 2.08. The zero-order valence-corrected chi connectivity index (χ0v) is 10.7. The van der Waals surface area contributed by atoms with Crippen LogP contribution in [0, 0.1) is 0 Å². The van der Waals surface area contributed by atoms with E-state index in [4.69, 9.17) is 9.47 Å². The summed E-state index contributed by atoms with van der Waals surface area (Å²) in [6.45, 7) is 7.74. The molecule has 0 rings (SSSR count). The molecule has 0 unspecified atom stereocenters. The molecule has 0 saturated carbocycles. The number of hydrogen-bond acceptors (Lipinski definition) is 4. The molecule has 0 saturated heterocycles. The van der Waals surface area contributed by atoms with Gasteiger partial charge in [0.1, 0.15) is 12.0 Å². The summed E-state index contributed by atoms with van der Waals surface area (Å²) in [5.74, 6) is -1.04. The molecule has 0 aliphatic carbocycles. The second-order valence-corrected chi connectivity index (χ2v) is 4.69. The molecule has 94 valence electrons. The molecule has 0 spiro atoms. The second-order valence-electron chi connectivity index (χ2n) is 4.69. The van der Waals surface area contributed by atoms with Crippen LogP contribution in [-0.2, 0) is 19.1 Å². The van der Waals surface area contributed by atoms with Crippen molar-refractivity contribution in [2.75, 3.05) is 6.61 Å². The van der Waals surface area contributed by atoms with Gasteiger partial charge in [0.25, 0.3) is 0 Å². The van der Waals surface area contributed by atoms with E-state index in [2.05, 4.69) is 6.92 Å². The predicted octanol–water partition coefficient (Wildman–Crippen LogP) is 2.45. The average molecular weight is 230 g/mol. The van der Waals surface area contributed by atoms with Crippen LogP contribution in [0.15, 0.2) is 0 Å². The summed E-state index contributed by atoms with van der Waals surface area (Å²) >= 11 is 0. The van der Waals surface area contributed by atoms with E-state index in [1.54, 1.807) is 20.8 Å². The van der Waals surface area contributed by atoms with Gasteiger partial charge in [0.05, 0.1) is 6.61 Å². The first kappa shape index (κ1) is 14.9. The molecule has 4 nitrogen and oxygen atoms in total. The Morgan fingerprint density at radius 2 is 1.69 bits per heavy atom. The normalized spacial score (nSPS) is 11.0. The molecule has 0 N–H and O–H groups in total. The van der Waals surface area contributed by atoms with Crippen LogP contribution in [0.3, 0.4) is 0 Å². The number of carbonyl (C=O) groups is 2. The van der Waals surface area contributed by atoms with Crippen molar-refractivity contribution in [3.05, 3.63) is 0 Å². The Labute approximate surface area is 97.3 Å². The van der Waals surface area contributed by atoms with E-state index in [0.717, 1.165) is 19.3 Å². The third-order valence-electron chi connectivity index (χ3n) is 1.72. The summed E-state index contributed by atoms with van der Waals surface area (Å²) < 4.78 is 9.89. The van der Waals surface area contributed by atoms with Crippen molar-refractivity contribution in [2.45, 2.75) is 59.0 Å². The molecule has 0 bridgehead atoms. The number of ether oxygens (including phenoxy) is 2. The average Bonchev–Trinajstić information content (AvgIpc) is 2.09. The van der Waals surface area contributed by atoms with Crippen LogP contribution in [-0.4, -0.2) is 24.1 Å². The third-order valence-corrected chi connectivity index (χ3v) is 1.72. The Bertz CT molecular complexity index is 228. The molecule has 4 heteroatoms. The zero-order chi connectivity index (χ0) is 12.6. The summed E-state index contributed by atoms with van der Waals surface area (Å²) in [7, 11) is 0. The van der Waals surface area contributed by atoms with E-state index in [1.165, 1.54) is 0 Å². The van der Waals surface area contributed by atoms with E-state index in [1.807, 2.05) is 0 Å². The molecular formula is C12H22O4. The molecule has 0 atom stereocenters.